The summed E-state index contributed by atoms with van der Waals surface area (Å²) in [5, 5.41) is 2.63. The molecular weight excluding hydrogens is 231 g/mol. The first-order chi connectivity index (χ1) is 7.91. The van der Waals surface area contributed by atoms with E-state index in [1.165, 1.54) is 0 Å². The third kappa shape index (κ3) is 4.81. The minimum Gasteiger partial charge on any atom is -0.329 e. The van der Waals surface area contributed by atoms with E-state index in [0.29, 0.717) is 6.42 Å². The fourth-order valence-corrected chi connectivity index (χ4v) is 2.31. The van der Waals surface area contributed by atoms with Crippen molar-refractivity contribution >= 4 is 0 Å². The van der Waals surface area contributed by atoms with E-state index in [1.807, 2.05) is 0 Å². The summed E-state index contributed by atoms with van der Waals surface area (Å²) >= 11 is 0. The lowest BCUT2D eigenvalue weighted by Gasteiger charge is -2.33. The number of nitrogens with zero attached hydrogens (tertiary/aromatic N) is 1. The van der Waals surface area contributed by atoms with Crippen molar-refractivity contribution in [2.45, 2.75) is 37.9 Å². The Labute approximate surface area is 101 Å². The van der Waals surface area contributed by atoms with Crippen molar-refractivity contribution in [3.8, 4) is 0 Å². The van der Waals surface area contributed by atoms with Gasteiger partial charge in [-0.3, -0.25) is 0 Å². The van der Waals surface area contributed by atoms with Gasteiger partial charge in [0.25, 0.3) is 0 Å². The van der Waals surface area contributed by atoms with Crippen molar-refractivity contribution in [1.82, 2.24) is 10.2 Å². The molecule has 0 aromatic carbocycles. The van der Waals surface area contributed by atoms with Crippen molar-refractivity contribution in [1.29, 1.82) is 0 Å². The van der Waals surface area contributed by atoms with Crippen LogP contribution >= 0.6 is 0 Å². The molecule has 0 spiro atoms. The van der Waals surface area contributed by atoms with Crippen LogP contribution in [0.25, 0.3) is 0 Å². The van der Waals surface area contributed by atoms with Crippen molar-refractivity contribution in [3.63, 3.8) is 0 Å². The second-order valence-corrected chi connectivity index (χ2v) is 4.74. The number of hydrogen-bond donors (Lipinski definition) is 2. The normalized spacial score (nSPS) is 28.1. The van der Waals surface area contributed by atoms with Gasteiger partial charge in [0.2, 0.25) is 0 Å². The molecule has 1 fully saturated rings. The first-order valence-electron chi connectivity index (χ1n) is 6.15. The predicted octanol–water partition coefficient (Wildman–Crippen LogP) is 1.34. The molecule has 6 heteroatoms. The molecule has 3 N–H and O–H groups in total. The highest BCUT2D eigenvalue weighted by Gasteiger charge is 2.35. The minimum atomic E-state index is -4.17. The summed E-state index contributed by atoms with van der Waals surface area (Å²) in [6, 6.07) is 0. The number of nitrogens with two attached hydrogens (primary N) is 1. The molecule has 0 bridgehead atoms. The van der Waals surface area contributed by atoms with Crippen LogP contribution in [0.4, 0.5) is 13.2 Å². The molecule has 1 saturated heterocycles. The van der Waals surface area contributed by atoms with Gasteiger partial charge in [-0.2, -0.15) is 13.2 Å². The Kier molecular flexibility index (Phi) is 5.22. The second kappa shape index (κ2) is 6.02. The molecule has 3 nitrogen and oxygen atoms in total. The van der Waals surface area contributed by atoms with Crippen LogP contribution in [-0.4, -0.2) is 49.3 Å². The number of hydrogen-bond acceptors (Lipinski definition) is 3. The van der Waals surface area contributed by atoms with Gasteiger partial charge >= 0.3 is 6.18 Å². The number of likely N-dealkylation sites (tertiary alicyclic amines) is 1. The molecule has 17 heavy (non-hydrogen) atoms. The summed E-state index contributed by atoms with van der Waals surface area (Å²) in [7, 11) is 0. The second-order valence-electron chi connectivity index (χ2n) is 4.74. The zero-order chi connectivity index (χ0) is 12.9. The molecule has 0 saturated carbocycles. The van der Waals surface area contributed by atoms with Crippen LogP contribution in [-0.2, 0) is 0 Å². The van der Waals surface area contributed by atoms with Gasteiger partial charge in [-0.1, -0.05) is 6.92 Å². The first kappa shape index (κ1) is 14.7. The minimum absolute atomic E-state index is 0.265. The average molecular weight is 253 g/mol. The van der Waals surface area contributed by atoms with Gasteiger partial charge in [0, 0.05) is 12.1 Å². The third-order valence-electron chi connectivity index (χ3n) is 3.54. The lowest BCUT2D eigenvalue weighted by Crippen LogP contribution is -2.54. The zero-order valence-electron chi connectivity index (χ0n) is 10.3. The Morgan fingerprint density at radius 3 is 2.53 bits per heavy atom. The van der Waals surface area contributed by atoms with Crippen LogP contribution in [0.5, 0.6) is 0 Å². The fraction of sp³-hybridized carbons (Fsp3) is 1.00. The lowest BCUT2D eigenvalue weighted by molar-refractivity contribution is -0.129. The largest absolute Gasteiger partial charge is 0.401 e. The summed E-state index contributed by atoms with van der Waals surface area (Å²) in [5.74, 6) is 0. The number of rotatable bonds is 4. The first-order valence-corrected chi connectivity index (χ1v) is 6.15. The summed E-state index contributed by atoms with van der Waals surface area (Å²) < 4.78 is 36.7. The number of alkyl halides is 3. The van der Waals surface area contributed by atoms with Crippen LogP contribution < -0.4 is 11.1 Å². The molecule has 1 aliphatic rings. The highest BCUT2D eigenvalue weighted by Crippen LogP contribution is 2.23. The van der Waals surface area contributed by atoms with Crippen molar-refractivity contribution in [3.05, 3.63) is 0 Å². The smallest absolute Gasteiger partial charge is 0.329 e. The van der Waals surface area contributed by atoms with E-state index in [2.05, 4.69) is 17.1 Å². The Balaban J connectivity index is 2.55. The molecule has 0 amide bonds. The molecule has 0 aromatic rings. The summed E-state index contributed by atoms with van der Waals surface area (Å²) in [4.78, 5) is 2.26. The maximum absolute atomic E-state index is 12.2. The molecule has 1 rings (SSSR count). The van der Waals surface area contributed by atoms with Crippen LogP contribution in [0.2, 0.25) is 0 Å². The maximum atomic E-state index is 12.2. The molecule has 0 aliphatic carbocycles. The van der Waals surface area contributed by atoms with Crippen molar-refractivity contribution in [2.24, 2.45) is 5.73 Å². The van der Waals surface area contributed by atoms with Gasteiger partial charge in [0.15, 0.2) is 0 Å². The Bertz CT molecular complexity index is 232. The van der Waals surface area contributed by atoms with Gasteiger partial charge in [0.05, 0.1) is 6.54 Å². The Morgan fingerprint density at radius 1 is 1.29 bits per heavy atom. The quantitative estimate of drug-likeness (QED) is 0.794. The SMILES string of the molecule is CCN1CCCC(CN)(NCC(F)(F)F)CC1. The third-order valence-corrected chi connectivity index (χ3v) is 3.54. The van der Waals surface area contributed by atoms with Crippen molar-refractivity contribution in [2.75, 3.05) is 32.7 Å². The molecule has 1 aliphatic heterocycles. The molecular formula is C11H22F3N3. The molecule has 0 radical (unpaired) electrons. The van der Waals surface area contributed by atoms with Gasteiger partial charge in [-0.15, -0.1) is 0 Å². The number of nitrogens with one attached hydrogen (secondary N) is 1. The van der Waals surface area contributed by atoms with E-state index < -0.39 is 18.3 Å². The average Bonchev–Trinajstić information content (AvgIpc) is 2.48. The van der Waals surface area contributed by atoms with Gasteiger partial charge < -0.3 is 16.0 Å². The highest BCUT2D eigenvalue weighted by atomic mass is 19.4. The molecule has 1 heterocycles. The summed E-state index contributed by atoms with van der Waals surface area (Å²) in [6.45, 7) is 4.10. The lowest BCUT2D eigenvalue weighted by atomic mass is 9.90. The zero-order valence-corrected chi connectivity index (χ0v) is 10.3. The van der Waals surface area contributed by atoms with Crippen LogP contribution in [0, 0.1) is 0 Å². The van der Waals surface area contributed by atoms with E-state index in [0.717, 1.165) is 32.5 Å². The monoisotopic (exact) mass is 253 g/mol. The standard InChI is InChI=1S/C11H22F3N3/c1-2-17-6-3-4-10(8-15,5-7-17)16-9-11(12,13)14/h16H,2-9,15H2,1H3. The summed E-state index contributed by atoms with van der Waals surface area (Å²) in [6.07, 6.45) is -1.86. The molecule has 1 unspecified atom stereocenters. The van der Waals surface area contributed by atoms with E-state index in [4.69, 9.17) is 5.73 Å². The molecule has 0 aromatic heterocycles. The predicted molar refractivity (Wildman–Crippen MR) is 61.8 cm³/mol. The van der Waals surface area contributed by atoms with Crippen LogP contribution in [0.1, 0.15) is 26.2 Å². The van der Waals surface area contributed by atoms with Crippen LogP contribution in [0.3, 0.4) is 0 Å². The van der Waals surface area contributed by atoms with E-state index in [1.54, 1.807) is 0 Å². The molecule has 1 atom stereocenters. The molecule has 102 valence electrons. The fourth-order valence-electron chi connectivity index (χ4n) is 2.31. The topological polar surface area (TPSA) is 41.3 Å². The van der Waals surface area contributed by atoms with E-state index in [9.17, 15) is 13.2 Å². The van der Waals surface area contributed by atoms with Crippen LogP contribution in [0.15, 0.2) is 0 Å². The van der Waals surface area contributed by atoms with E-state index >= 15 is 0 Å². The van der Waals surface area contributed by atoms with Gasteiger partial charge in [-0.25, -0.2) is 0 Å². The van der Waals surface area contributed by atoms with E-state index in [-0.39, 0.29) is 6.54 Å². The van der Waals surface area contributed by atoms with Gasteiger partial charge in [0.1, 0.15) is 0 Å². The summed E-state index contributed by atoms with van der Waals surface area (Å²) in [5.41, 5.74) is 5.13. The Hall–Kier alpha value is -0.330. The van der Waals surface area contributed by atoms with Crippen molar-refractivity contribution < 1.29 is 13.2 Å². The van der Waals surface area contributed by atoms with Gasteiger partial charge in [-0.05, 0) is 38.9 Å². The number of halogens is 3. The highest BCUT2D eigenvalue weighted by molar-refractivity contribution is 4.92. The Morgan fingerprint density at radius 2 is 2.00 bits per heavy atom. The maximum Gasteiger partial charge on any atom is 0.401 e.